The number of nitrogens with one attached hydrogen (secondary N) is 1. The third-order valence-corrected chi connectivity index (χ3v) is 3.95. The van der Waals surface area contributed by atoms with E-state index in [1.165, 1.54) is 36.1 Å². The van der Waals surface area contributed by atoms with Crippen molar-refractivity contribution >= 4 is 22.8 Å². The Bertz CT molecular complexity index is 1010. The molecule has 0 aliphatic heterocycles. The van der Waals surface area contributed by atoms with Crippen LogP contribution in [-0.2, 0) is 16.1 Å². The van der Waals surface area contributed by atoms with Crippen LogP contribution in [0.1, 0.15) is 0 Å². The van der Waals surface area contributed by atoms with Crippen LogP contribution in [0.15, 0.2) is 47.7 Å². The summed E-state index contributed by atoms with van der Waals surface area (Å²) >= 11 is 0. The van der Waals surface area contributed by atoms with Gasteiger partial charge in [-0.3, -0.25) is 19.0 Å². The first-order chi connectivity index (χ1) is 12.5. The van der Waals surface area contributed by atoms with Crippen molar-refractivity contribution in [3.63, 3.8) is 0 Å². The molecule has 2 amide bonds. The van der Waals surface area contributed by atoms with Crippen molar-refractivity contribution in [2.75, 3.05) is 20.6 Å². The summed E-state index contributed by atoms with van der Waals surface area (Å²) in [5, 5.41) is 6.99. The Hall–Kier alpha value is -3.49. The Labute approximate surface area is 148 Å². The molecule has 1 N–H and O–H groups in total. The van der Waals surface area contributed by atoms with E-state index in [4.69, 9.17) is 0 Å². The number of fused-ring (bicyclic) bond motifs is 1. The fraction of sp³-hybridized carbons (Fsp3) is 0.235. The lowest BCUT2D eigenvalue weighted by atomic mass is 10.3. The first kappa shape index (κ1) is 17.3. The summed E-state index contributed by atoms with van der Waals surface area (Å²) in [6, 6.07) is 9.33. The molecule has 3 aromatic rings. The third-order valence-electron chi connectivity index (χ3n) is 3.95. The van der Waals surface area contributed by atoms with Crippen LogP contribution >= 0.6 is 0 Å². The van der Waals surface area contributed by atoms with Gasteiger partial charge in [-0.05, 0) is 12.1 Å². The van der Waals surface area contributed by atoms with Crippen LogP contribution in [0.25, 0.3) is 16.7 Å². The van der Waals surface area contributed by atoms with E-state index in [0.717, 1.165) is 5.69 Å². The lowest BCUT2D eigenvalue weighted by Crippen LogP contribution is -2.39. The molecule has 26 heavy (non-hydrogen) atoms. The number of nitrogens with zero attached hydrogens (tertiary/aromatic N) is 5. The number of amides is 2. The molecular weight excluding hydrogens is 336 g/mol. The summed E-state index contributed by atoms with van der Waals surface area (Å²) in [4.78, 5) is 41.7. The number of hydrogen-bond donors (Lipinski definition) is 1. The predicted octanol–water partition coefficient (Wildman–Crippen LogP) is -0.213. The van der Waals surface area contributed by atoms with Gasteiger partial charge in [0.2, 0.25) is 11.8 Å². The van der Waals surface area contributed by atoms with Gasteiger partial charge in [0.05, 0.1) is 18.4 Å². The van der Waals surface area contributed by atoms with Gasteiger partial charge in [-0.2, -0.15) is 5.10 Å². The minimum atomic E-state index is -0.368. The molecule has 0 aliphatic rings. The van der Waals surface area contributed by atoms with E-state index in [2.05, 4.69) is 15.4 Å². The van der Waals surface area contributed by atoms with E-state index in [1.54, 1.807) is 4.68 Å². The highest BCUT2D eigenvalue weighted by atomic mass is 16.2. The van der Waals surface area contributed by atoms with Crippen molar-refractivity contribution in [1.82, 2.24) is 29.5 Å². The number of hydrogen-bond acceptors (Lipinski definition) is 5. The minimum Gasteiger partial charge on any atom is -0.358 e. The first-order valence-corrected chi connectivity index (χ1v) is 7.94. The highest BCUT2D eigenvalue weighted by Gasteiger charge is 2.16. The summed E-state index contributed by atoms with van der Waals surface area (Å²) < 4.78 is 2.78. The van der Waals surface area contributed by atoms with Crippen LogP contribution < -0.4 is 10.9 Å². The molecule has 0 saturated heterocycles. The molecule has 2 aromatic heterocycles. The molecule has 2 heterocycles. The Kier molecular flexibility index (Phi) is 4.78. The Morgan fingerprint density at radius 1 is 1.23 bits per heavy atom. The van der Waals surface area contributed by atoms with Crippen molar-refractivity contribution in [3.05, 3.63) is 53.2 Å². The molecule has 1 aromatic carbocycles. The van der Waals surface area contributed by atoms with Crippen molar-refractivity contribution < 1.29 is 9.59 Å². The van der Waals surface area contributed by atoms with Crippen molar-refractivity contribution in [3.8, 4) is 5.69 Å². The lowest BCUT2D eigenvalue weighted by molar-refractivity contribution is -0.135. The maximum atomic E-state index is 12.6. The molecular formula is C17H18N6O3. The number of benzene rings is 1. The SMILES string of the molecule is CNC(=O)CN(C)C(=O)Cn1cnc2c(cnn2-c2ccccc2)c1=O. The zero-order chi connectivity index (χ0) is 18.7. The molecule has 0 bridgehead atoms. The van der Waals surface area contributed by atoms with E-state index in [0.29, 0.717) is 11.0 Å². The van der Waals surface area contributed by atoms with E-state index < -0.39 is 0 Å². The van der Waals surface area contributed by atoms with E-state index in [1.807, 2.05) is 30.3 Å². The highest BCUT2D eigenvalue weighted by molar-refractivity contribution is 5.84. The van der Waals surface area contributed by atoms with Crippen LogP contribution in [0, 0.1) is 0 Å². The fourth-order valence-electron chi connectivity index (χ4n) is 2.47. The van der Waals surface area contributed by atoms with Crippen LogP contribution in [0.5, 0.6) is 0 Å². The van der Waals surface area contributed by atoms with Crippen LogP contribution in [0.4, 0.5) is 0 Å². The Balaban J connectivity index is 1.88. The topological polar surface area (TPSA) is 102 Å². The molecule has 3 rings (SSSR count). The van der Waals surface area contributed by atoms with Gasteiger partial charge in [0.25, 0.3) is 5.56 Å². The Morgan fingerprint density at radius 3 is 2.65 bits per heavy atom. The standard InChI is InChI=1S/C17H18N6O3/c1-18-14(24)9-21(2)15(25)10-22-11-19-16-13(17(22)26)8-20-23(16)12-6-4-3-5-7-12/h3-8,11H,9-10H2,1-2H3,(H,18,24). The molecule has 0 atom stereocenters. The largest absolute Gasteiger partial charge is 0.358 e. The van der Waals surface area contributed by atoms with Crippen molar-refractivity contribution in [1.29, 1.82) is 0 Å². The second kappa shape index (κ2) is 7.18. The van der Waals surface area contributed by atoms with Crippen molar-refractivity contribution in [2.45, 2.75) is 6.54 Å². The molecule has 0 fully saturated rings. The smallest absolute Gasteiger partial charge is 0.264 e. The normalized spacial score (nSPS) is 10.7. The first-order valence-electron chi connectivity index (χ1n) is 7.94. The van der Waals surface area contributed by atoms with Gasteiger partial charge in [0, 0.05) is 14.1 Å². The van der Waals surface area contributed by atoms with Gasteiger partial charge >= 0.3 is 0 Å². The summed E-state index contributed by atoms with van der Waals surface area (Å²) in [5.74, 6) is -0.654. The zero-order valence-corrected chi connectivity index (χ0v) is 14.4. The fourth-order valence-corrected chi connectivity index (χ4v) is 2.47. The Morgan fingerprint density at radius 2 is 1.96 bits per heavy atom. The molecule has 0 spiro atoms. The average molecular weight is 354 g/mol. The second-order valence-electron chi connectivity index (χ2n) is 5.73. The molecule has 0 unspecified atom stereocenters. The quantitative estimate of drug-likeness (QED) is 0.683. The van der Waals surface area contributed by atoms with Crippen LogP contribution in [-0.4, -0.2) is 56.7 Å². The maximum absolute atomic E-state index is 12.6. The third kappa shape index (κ3) is 3.32. The number of carbonyl (C=O) groups excluding carboxylic acids is 2. The summed E-state index contributed by atoms with van der Waals surface area (Å²) in [6.07, 6.45) is 2.75. The molecule has 0 radical (unpaired) electrons. The number of likely N-dealkylation sites (N-methyl/N-ethyl adjacent to an activating group) is 2. The zero-order valence-electron chi connectivity index (χ0n) is 14.4. The number of para-hydroxylation sites is 1. The molecule has 9 heteroatoms. The lowest BCUT2D eigenvalue weighted by Gasteiger charge is -2.16. The van der Waals surface area contributed by atoms with Gasteiger partial charge in [-0.1, -0.05) is 18.2 Å². The molecule has 0 aliphatic carbocycles. The van der Waals surface area contributed by atoms with Crippen LogP contribution in [0.2, 0.25) is 0 Å². The predicted molar refractivity (Wildman–Crippen MR) is 94.8 cm³/mol. The number of rotatable bonds is 5. The summed E-state index contributed by atoms with van der Waals surface area (Å²) in [6.45, 7) is -0.280. The van der Waals surface area contributed by atoms with E-state index in [9.17, 15) is 14.4 Å². The molecule has 0 saturated carbocycles. The highest BCUT2D eigenvalue weighted by Crippen LogP contribution is 2.12. The van der Waals surface area contributed by atoms with Gasteiger partial charge in [0.1, 0.15) is 18.3 Å². The maximum Gasteiger partial charge on any atom is 0.264 e. The van der Waals surface area contributed by atoms with Crippen LogP contribution in [0.3, 0.4) is 0 Å². The van der Waals surface area contributed by atoms with E-state index in [-0.39, 0.29) is 30.5 Å². The van der Waals surface area contributed by atoms with Gasteiger partial charge in [0.15, 0.2) is 5.65 Å². The van der Waals surface area contributed by atoms with Crippen molar-refractivity contribution in [2.24, 2.45) is 0 Å². The molecule has 134 valence electrons. The van der Waals surface area contributed by atoms with Gasteiger partial charge in [-0.15, -0.1) is 0 Å². The average Bonchev–Trinajstić information content (AvgIpc) is 3.09. The minimum absolute atomic E-state index is 0.0777. The summed E-state index contributed by atoms with van der Waals surface area (Å²) in [5.41, 5.74) is 0.844. The summed E-state index contributed by atoms with van der Waals surface area (Å²) in [7, 11) is 3.00. The number of aromatic nitrogens is 4. The second-order valence-corrected chi connectivity index (χ2v) is 5.73. The molecule has 9 nitrogen and oxygen atoms in total. The number of carbonyl (C=O) groups is 2. The van der Waals surface area contributed by atoms with Gasteiger partial charge < -0.3 is 10.2 Å². The van der Waals surface area contributed by atoms with Gasteiger partial charge in [-0.25, -0.2) is 9.67 Å². The monoisotopic (exact) mass is 354 g/mol. The van der Waals surface area contributed by atoms with E-state index >= 15 is 0 Å².